The van der Waals surface area contributed by atoms with Gasteiger partial charge in [0, 0.05) is 55.0 Å². The second-order valence-corrected chi connectivity index (χ2v) is 20.0. The summed E-state index contributed by atoms with van der Waals surface area (Å²) in [6, 6.07) is 24.5. The second-order valence-electron chi connectivity index (χ2n) is 18.9. The van der Waals surface area contributed by atoms with Crippen molar-refractivity contribution >= 4 is 78.7 Å². The van der Waals surface area contributed by atoms with Gasteiger partial charge in [0.2, 0.25) is 17.7 Å². The number of carboxylic acids is 1. The Morgan fingerprint density at radius 2 is 1.73 bits per heavy atom. The second kappa shape index (κ2) is 20.0. The van der Waals surface area contributed by atoms with Gasteiger partial charge in [-0.05, 0) is 141 Å². The molecule has 3 aliphatic heterocycles. The quantitative estimate of drug-likeness (QED) is 0.0769. The van der Waals surface area contributed by atoms with E-state index in [4.69, 9.17) is 4.74 Å². The Morgan fingerprint density at radius 1 is 0.915 bits per heavy atom. The summed E-state index contributed by atoms with van der Waals surface area (Å²) in [5.74, 6) is -0.644. The molecule has 2 fully saturated rings. The molecule has 7 heterocycles. The zero-order valence-corrected chi connectivity index (χ0v) is 40.6. The molecule has 0 saturated carbocycles. The smallest absolute Gasteiger partial charge is 0.355 e. The Kier molecular flexibility index (Phi) is 13.3. The third-order valence-electron chi connectivity index (χ3n) is 13.9. The molecule has 3 aliphatic rings. The topological polar surface area (TPSA) is 214 Å². The summed E-state index contributed by atoms with van der Waals surface area (Å²) in [7, 11) is 1.81. The lowest BCUT2D eigenvalue weighted by atomic mass is 9.88. The number of aryl methyl sites for hydroxylation is 2. The van der Waals surface area contributed by atoms with Crippen LogP contribution in [0.4, 0.5) is 16.6 Å². The van der Waals surface area contributed by atoms with Crippen LogP contribution in [0.2, 0.25) is 0 Å². The van der Waals surface area contributed by atoms with Crippen LogP contribution in [-0.4, -0.2) is 97.1 Å². The fourth-order valence-corrected chi connectivity index (χ4v) is 11.1. The van der Waals surface area contributed by atoms with E-state index in [0.29, 0.717) is 90.3 Å². The van der Waals surface area contributed by atoms with Gasteiger partial charge in [-0.15, -0.1) is 0 Å². The van der Waals surface area contributed by atoms with E-state index < -0.39 is 11.9 Å². The van der Waals surface area contributed by atoms with E-state index in [0.717, 1.165) is 75.7 Å². The van der Waals surface area contributed by atoms with E-state index >= 15 is 0 Å². The molecule has 17 nitrogen and oxygen atoms in total. The van der Waals surface area contributed by atoms with Crippen molar-refractivity contribution in [1.82, 2.24) is 34.9 Å². The Morgan fingerprint density at radius 3 is 2.52 bits per heavy atom. The molecule has 2 saturated heterocycles. The molecule has 1 unspecified atom stereocenters. The van der Waals surface area contributed by atoms with Crippen molar-refractivity contribution in [2.75, 3.05) is 48.3 Å². The number of likely N-dealkylation sites (tertiary alicyclic amines) is 1. The number of carbonyl (C=O) groups is 5. The predicted molar refractivity (Wildman–Crippen MR) is 271 cm³/mol. The third-order valence-corrected chi connectivity index (χ3v) is 14.8. The summed E-state index contributed by atoms with van der Waals surface area (Å²) in [6.45, 7) is 7.54. The zero-order valence-electron chi connectivity index (χ0n) is 39.7. The lowest BCUT2D eigenvalue weighted by Gasteiger charge is -2.32. The Hall–Kier alpha value is -7.57. The van der Waals surface area contributed by atoms with Gasteiger partial charge in [0.25, 0.3) is 5.91 Å². The van der Waals surface area contributed by atoms with Gasteiger partial charge in [0.1, 0.15) is 17.3 Å². The van der Waals surface area contributed by atoms with Crippen molar-refractivity contribution in [3.8, 4) is 16.9 Å². The summed E-state index contributed by atoms with van der Waals surface area (Å²) < 4.78 is 8.97. The molecule has 4 aromatic heterocycles. The highest BCUT2D eigenvalue weighted by molar-refractivity contribution is 7.22. The van der Waals surface area contributed by atoms with Crippen LogP contribution in [0.15, 0.2) is 85.1 Å². The average Bonchev–Trinajstić information content (AvgIpc) is 3.92. The van der Waals surface area contributed by atoms with Gasteiger partial charge >= 0.3 is 5.97 Å². The van der Waals surface area contributed by atoms with E-state index in [1.165, 1.54) is 11.3 Å². The fourth-order valence-electron chi connectivity index (χ4n) is 10.2. The van der Waals surface area contributed by atoms with Gasteiger partial charge in [-0.2, -0.15) is 5.10 Å². The third kappa shape index (κ3) is 10.2. The predicted octanol–water partition coefficient (Wildman–Crippen LogP) is 7.74. The molecule has 7 aromatic rings. The van der Waals surface area contributed by atoms with Crippen LogP contribution in [0.1, 0.15) is 88.3 Å². The highest BCUT2D eigenvalue weighted by atomic mass is 32.1. The van der Waals surface area contributed by atoms with Gasteiger partial charge in [-0.25, -0.2) is 14.8 Å². The SMILES string of the molecule is Cc1cc(OC[C@@H](C)CC2CCN(CC(=O)Nc3ccc4c(C5CCC(=O)NC5=O)nn(C)c4c3)CC2)ccc1-c1ccc(N2CCc3ccnc(C(=O)Nc4nc5ccccc5s4)c3C2)nc1C(=O)O. The summed E-state index contributed by atoms with van der Waals surface area (Å²) in [4.78, 5) is 81.5. The van der Waals surface area contributed by atoms with Crippen molar-refractivity contribution in [2.24, 2.45) is 18.9 Å². The van der Waals surface area contributed by atoms with E-state index in [-0.39, 0.29) is 35.7 Å². The Labute approximate surface area is 413 Å². The summed E-state index contributed by atoms with van der Waals surface area (Å²) in [6.07, 6.45) is 5.95. The number of anilines is 3. The molecule has 0 bridgehead atoms. The van der Waals surface area contributed by atoms with Gasteiger partial charge in [0.05, 0.1) is 40.5 Å². The molecule has 2 atom stereocenters. The van der Waals surface area contributed by atoms with Gasteiger partial charge in [0.15, 0.2) is 10.8 Å². The van der Waals surface area contributed by atoms with E-state index in [9.17, 15) is 29.1 Å². The number of para-hydroxylation sites is 1. The molecule has 0 aliphatic carbocycles. The number of hydrogen-bond donors (Lipinski definition) is 4. The molecule has 4 amide bonds. The zero-order chi connectivity index (χ0) is 49.3. The summed E-state index contributed by atoms with van der Waals surface area (Å²) >= 11 is 1.40. The fraction of sp³-hybridized carbons (Fsp3) is 0.340. The Balaban J connectivity index is 0.703. The highest BCUT2D eigenvalue weighted by Crippen LogP contribution is 2.35. The van der Waals surface area contributed by atoms with Gasteiger partial charge in [-0.3, -0.25) is 44.4 Å². The summed E-state index contributed by atoms with van der Waals surface area (Å²) in [5.41, 5.74) is 7.04. The van der Waals surface area contributed by atoms with Crippen LogP contribution in [-0.2, 0) is 34.4 Å². The number of ether oxygens (including phenoxy) is 1. The largest absolute Gasteiger partial charge is 0.493 e. The molecule has 18 heteroatoms. The van der Waals surface area contributed by atoms with Crippen molar-refractivity contribution in [3.05, 3.63) is 119 Å². The molecule has 0 radical (unpaired) electrons. The number of carbonyl (C=O) groups excluding carboxylic acids is 4. The lowest BCUT2D eigenvalue weighted by Crippen LogP contribution is -2.39. The maximum atomic E-state index is 13.6. The van der Waals surface area contributed by atoms with Crippen LogP contribution in [0, 0.1) is 18.8 Å². The first kappa shape index (κ1) is 47.1. The molecular weight excluding hydrogens is 921 g/mol. The number of fused-ring (bicyclic) bond motifs is 3. The standard InChI is InChI=1S/C53H54N10O7S/c1-30(24-32-17-21-62(22-18-32)28-46(65)55-34-8-10-38-42(26-34)61(3)60-47(38)39-13-15-45(64)58-50(39)66)29-70-35-9-11-36(31(2)25-35)37-12-14-44(57-49(37)52(68)69)63-23-19-33-16-20-54-48(40(33)27-63)51(67)59-53-56-41-6-4-5-7-43(41)71-53/h4-12,14,16,20,25-26,30,32,39H,13,15,17-19,21-24,27-29H2,1-3H3,(H,55,65)(H,68,69)(H,56,59,67)(H,58,64,66)/t30-,39?/m0/s1. The molecule has 71 heavy (non-hydrogen) atoms. The highest BCUT2D eigenvalue weighted by Gasteiger charge is 2.32. The normalized spacial score (nSPS) is 16.9. The number of piperidine rings is 2. The molecule has 3 aromatic carbocycles. The maximum absolute atomic E-state index is 13.6. The minimum Gasteiger partial charge on any atom is -0.493 e. The molecule has 0 spiro atoms. The van der Waals surface area contributed by atoms with E-state index in [2.05, 4.69) is 47.8 Å². The Bertz CT molecular complexity index is 3200. The number of benzene rings is 3. The number of aromatic carboxylic acids is 1. The van der Waals surface area contributed by atoms with Crippen molar-refractivity contribution < 1.29 is 33.8 Å². The number of pyridine rings is 2. The molecule has 10 rings (SSSR count). The van der Waals surface area contributed by atoms with Crippen LogP contribution in [0.5, 0.6) is 5.75 Å². The molecular formula is C53H54N10O7S. The number of imide groups is 1. The lowest BCUT2D eigenvalue weighted by molar-refractivity contribution is -0.134. The van der Waals surface area contributed by atoms with Crippen LogP contribution >= 0.6 is 11.3 Å². The number of rotatable bonds is 14. The maximum Gasteiger partial charge on any atom is 0.355 e. The van der Waals surface area contributed by atoms with Crippen molar-refractivity contribution in [2.45, 2.75) is 64.8 Å². The van der Waals surface area contributed by atoms with E-state index in [1.54, 1.807) is 24.0 Å². The van der Waals surface area contributed by atoms with Crippen molar-refractivity contribution in [1.29, 1.82) is 0 Å². The minimum absolute atomic E-state index is 0.0588. The number of nitrogens with zero attached hydrogens (tertiary/aromatic N) is 7. The first-order chi connectivity index (χ1) is 34.3. The monoisotopic (exact) mass is 974 g/mol. The van der Waals surface area contributed by atoms with Gasteiger partial charge < -0.3 is 20.1 Å². The number of nitrogens with one attached hydrogen (secondary N) is 3. The van der Waals surface area contributed by atoms with Crippen LogP contribution in [0.25, 0.3) is 32.2 Å². The average molecular weight is 975 g/mol. The van der Waals surface area contributed by atoms with Crippen LogP contribution < -0.4 is 25.6 Å². The van der Waals surface area contributed by atoms with Gasteiger partial charge in [-0.1, -0.05) is 36.5 Å². The first-order valence-electron chi connectivity index (χ1n) is 24.0. The first-order valence-corrected chi connectivity index (χ1v) is 24.8. The molecule has 4 N–H and O–H groups in total. The number of hydrogen-bond acceptors (Lipinski definition) is 13. The molecule has 364 valence electrons. The minimum atomic E-state index is -1.14. The van der Waals surface area contributed by atoms with Crippen LogP contribution in [0.3, 0.4) is 0 Å². The number of aromatic nitrogens is 5. The summed E-state index contributed by atoms with van der Waals surface area (Å²) in [5, 5.41) is 24.7. The van der Waals surface area contributed by atoms with E-state index in [1.807, 2.05) is 84.6 Å². The number of carboxylic acid groups (broad SMARTS) is 1. The number of thiazole rings is 1. The van der Waals surface area contributed by atoms with Crippen molar-refractivity contribution in [3.63, 3.8) is 0 Å². The number of amides is 4.